The van der Waals surface area contributed by atoms with Crippen molar-refractivity contribution in [3.63, 3.8) is 0 Å². The summed E-state index contributed by atoms with van der Waals surface area (Å²) in [5.41, 5.74) is -0.352. The van der Waals surface area contributed by atoms with Crippen LogP contribution in [-0.2, 0) is 0 Å². The fourth-order valence-corrected chi connectivity index (χ4v) is 6.47. The average molecular weight is 280 g/mol. The molecule has 4 aliphatic carbocycles. The summed E-state index contributed by atoms with van der Waals surface area (Å²) in [6.07, 6.45) is 9.48. The number of hydrogen-bond donors (Lipinski definition) is 2. The van der Waals surface area contributed by atoms with Crippen LogP contribution in [0, 0.1) is 28.6 Å². The summed E-state index contributed by atoms with van der Waals surface area (Å²) < 4.78 is 0. The topological polar surface area (TPSA) is 40.5 Å². The van der Waals surface area contributed by atoms with Crippen molar-refractivity contribution in [1.82, 2.24) is 0 Å². The van der Waals surface area contributed by atoms with Crippen LogP contribution in [0.15, 0.2) is 0 Å². The largest absolute Gasteiger partial charge is 0.396 e. The third kappa shape index (κ3) is 1.98. The van der Waals surface area contributed by atoms with Crippen molar-refractivity contribution >= 4 is 0 Å². The van der Waals surface area contributed by atoms with E-state index < -0.39 is 5.60 Å². The minimum atomic E-state index is -0.568. The lowest BCUT2D eigenvalue weighted by molar-refractivity contribution is -0.223. The van der Waals surface area contributed by atoms with Gasteiger partial charge in [0.1, 0.15) is 0 Å². The molecule has 116 valence electrons. The minimum absolute atomic E-state index is 0.0778. The Hall–Kier alpha value is -0.0800. The van der Waals surface area contributed by atoms with Gasteiger partial charge in [-0.1, -0.05) is 20.3 Å². The maximum absolute atomic E-state index is 11.4. The summed E-state index contributed by atoms with van der Waals surface area (Å²) in [6, 6.07) is 0. The van der Waals surface area contributed by atoms with Crippen LogP contribution in [0.4, 0.5) is 0 Å². The fourth-order valence-electron chi connectivity index (χ4n) is 6.47. The van der Waals surface area contributed by atoms with Crippen LogP contribution in [0.1, 0.15) is 72.1 Å². The van der Waals surface area contributed by atoms with E-state index in [9.17, 15) is 10.2 Å². The molecule has 4 unspecified atom stereocenters. The van der Waals surface area contributed by atoms with Crippen LogP contribution in [0.3, 0.4) is 0 Å². The number of rotatable bonds is 5. The highest BCUT2D eigenvalue weighted by Crippen LogP contribution is 2.69. The molecular formula is C18H32O2. The molecule has 0 aromatic heterocycles. The first-order valence-corrected chi connectivity index (χ1v) is 8.70. The van der Waals surface area contributed by atoms with E-state index in [0.29, 0.717) is 12.5 Å². The number of aliphatic hydroxyl groups excluding tert-OH is 1. The Balaban J connectivity index is 1.92. The molecule has 2 N–H and O–H groups in total. The Morgan fingerprint density at radius 3 is 2.30 bits per heavy atom. The van der Waals surface area contributed by atoms with Gasteiger partial charge in [0, 0.05) is 12.0 Å². The summed E-state index contributed by atoms with van der Waals surface area (Å²) in [4.78, 5) is 0. The number of aliphatic hydroxyl groups is 2. The summed E-state index contributed by atoms with van der Waals surface area (Å²) >= 11 is 0. The van der Waals surface area contributed by atoms with E-state index in [0.717, 1.165) is 31.1 Å². The predicted molar refractivity (Wildman–Crippen MR) is 81.3 cm³/mol. The smallest absolute Gasteiger partial charge is 0.0701 e. The third-order valence-corrected chi connectivity index (χ3v) is 7.27. The maximum atomic E-state index is 11.4. The summed E-state index contributed by atoms with van der Waals surface area (Å²) in [5, 5.41) is 21.4. The second kappa shape index (κ2) is 4.71. The zero-order chi connectivity index (χ0) is 14.6. The molecule has 0 radical (unpaired) electrons. The molecule has 0 spiro atoms. The summed E-state index contributed by atoms with van der Waals surface area (Å²) in [7, 11) is 0. The van der Waals surface area contributed by atoms with Crippen molar-refractivity contribution in [3.8, 4) is 0 Å². The van der Waals surface area contributed by atoms with Gasteiger partial charge in [0.15, 0.2) is 0 Å². The zero-order valence-electron chi connectivity index (χ0n) is 13.5. The highest BCUT2D eigenvalue weighted by atomic mass is 16.3. The van der Waals surface area contributed by atoms with Gasteiger partial charge in [0.25, 0.3) is 0 Å². The average Bonchev–Trinajstić information content (AvgIpc) is 2.37. The van der Waals surface area contributed by atoms with Crippen LogP contribution in [0.5, 0.6) is 0 Å². The molecule has 0 aromatic rings. The normalized spacial score (nSPS) is 47.2. The van der Waals surface area contributed by atoms with Crippen molar-refractivity contribution in [3.05, 3.63) is 0 Å². The van der Waals surface area contributed by atoms with E-state index in [4.69, 9.17) is 0 Å². The lowest BCUT2D eigenvalue weighted by atomic mass is 9.40. The van der Waals surface area contributed by atoms with E-state index in [1.165, 1.54) is 32.1 Å². The van der Waals surface area contributed by atoms with E-state index >= 15 is 0 Å². The monoisotopic (exact) mass is 280 g/mol. The van der Waals surface area contributed by atoms with Gasteiger partial charge >= 0.3 is 0 Å². The van der Waals surface area contributed by atoms with Crippen molar-refractivity contribution in [2.24, 2.45) is 28.6 Å². The molecule has 0 aromatic carbocycles. The first-order chi connectivity index (χ1) is 9.36. The van der Waals surface area contributed by atoms with Gasteiger partial charge in [-0.15, -0.1) is 0 Å². The first-order valence-electron chi connectivity index (χ1n) is 8.70. The molecule has 0 aliphatic heterocycles. The molecule has 4 rings (SSSR count). The van der Waals surface area contributed by atoms with Crippen molar-refractivity contribution in [1.29, 1.82) is 0 Å². The van der Waals surface area contributed by atoms with Gasteiger partial charge < -0.3 is 10.2 Å². The van der Waals surface area contributed by atoms with Gasteiger partial charge in [0.2, 0.25) is 0 Å². The molecule has 0 saturated heterocycles. The fraction of sp³-hybridized carbons (Fsp3) is 1.00. The van der Waals surface area contributed by atoms with Crippen molar-refractivity contribution < 1.29 is 10.2 Å². The molecule has 4 aliphatic rings. The molecule has 0 heterocycles. The maximum Gasteiger partial charge on any atom is 0.0701 e. The van der Waals surface area contributed by atoms with E-state index in [1.807, 2.05) is 0 Å². The Labute approximate surface area is 124 Å². The Bertz CT molecular complexity index is 360. The molecule has 2 heteroatoms. The molecule has 4 atom stereocenters. The van der Waals surface area contributed by atoms with Crippen molar-refractivity contribution in [2.75, 3.05) is 6.61 Å². The quantitative estimate of drug-likeness (QED) is 0.805. The van der Waals surface area contributed by atoms with E-state index in [-0.39, 0.29) is 10.8 Å². The molecule has 4 saturated carbocycles. The molecule has 2 nitrogen and oxygen atoms in total. The third-order valence-electron chi connectivity index (χ3n) is 7.27. The van der Waals surface area contributed by atoms with Crippen molar-refractivity contribution in [2.45, 2.75) is 77.7 Å². The Morgan fingerprint density at radius 2 is 1.80 bits per heavy atom. The van der Waals surface area contributed by atoms with Gasteiger partial charge in [-0.25, -0.2) is 0 Å². The molecule has 20 heavy (non-hydrogen) atoms. The second-order valence-corrected chi connectivity index (χ2v) is 8.74. The molecule has 4 bridgehead atoms. The number of hydrogen-bond acceptors (Lipinski definition) is 2. The van der Waals surface area contributed by atoms with E-state index in [1.54, 1.807) is 0 Å². The molecule has 0 amide bonds. The lowest BCUT2D eigenvalue weighted by Crippen LogP contribution is -2.63. The molecule has 4 fully saturated rings. The summed E-state index contributed by atoms with van der Waals surface area (Å²) in [6.45, 7) is 6.88. The SMILES string of the molecule is CCCC(C)C(C)(O)C12CC3CC(CC(CO)(C3)C1)C2. The molecular weight excluding hydrogens is 248 g/mol. The van der Waals surface area contributed by atoms with Crippen LogP contribution < -0.4 is 0 Å². The first kappa shape index (κ1) is 14.8. The van der Waals surface area contributed by atoms with Crippen LogP contribution in [-0.4, -0.2) is 22.4 Å². The van der Waals surface area contributed by atoms with Gasteiger partial charge in [-0.3, -0.25) is 0 Å². The summed E-state index contributed by atoms with van der Waals surface area (Å²) in [5.74, 6) is 1.87. The van der Waals surface area contributed by atoms with Crippen LogP contribution in [0.25, 0.3) is 0 Å². The lowest BCUT2D eigenvalue weighted by Gasteiger charge is -2.66. The van der Waals surface area contributed by atoms with Crippen LogP contribution >= 0.6 is 0 Å². The standard InChI is InChI=1S/C18H32O2/c1-4-5-13(2)16(3,20)18-9-14-6-15(10-18)8-17(7-14,11-18)12-19/h13-15,19-20H,4-12H2,1-3H3. The second-order valence-electron chi connectivity index (χ2n) is 8.74. The minimum Gasteiger partial charge on any atom is -0.396 e. The zero-order valence-corrected chi connectivity index (χ0v) is 13.5. The van der Waals surface area contributed by atoms with Crippen LogP contribution in [0.2, 0.25) is 0 Å². The Morgan fingerprint density at radius 1 is 1.20 bits per heavy atom. The Kier molecular flexibility index (Phi) is 3.49. The van der Waals surface area contributed by atoms with Gasteiger partial charge in [-0.05, 0) is 75.0 Å². The highest BCUT2D eigenvalue weighted by molar-refractivity contribution is 5.13. The predicted octanol–water partition coefficient (Wildman–Crippen LogP) is 3.75. The van der Waals surface area contributed by atoms with Gasteiger partial charge in [0.05, 0.1) is 5.60 Å². The van der Waals surface area contributed by atoms with Gasteiger partial charge in [-0.2, -0.15) is 0 Å². The highest BCUT2D eigenvalue weighted by Gasteiger charge is 2.63. The van der Waals surface area contributed by atoms with E-state index in [2.05, 4.69) is 20.8 Å².